The molecule has 0 bridgehead atoms. The van der Waals surface area contributed by atoms with Gasteiger partial charge >= 0.3 is 0 Å². The van der Waals surface area contributed by atoms with Gasteiger partial charge in [-0.2, -0.15) is 0 Å². The van der Waals surface area contributed by atoms with E-state index in [9.17, 15) is 0 Å². The fourth-order valence-electron chi connectivity index (χ4n) is 4.04. The van der Waals surface area contributed by atoms with Gasteiger partial charge in [0.1, 0.15) is 5.82 Å². The van der Waals surface area contributed by atoms with Crippen LogP contribution in [0.25, 0.3) is 0 Å². The summed E-state index contributed by atoms with van der Waals surface area (Å²) in [7, 11) is 2.08. The highest BCUT2D eigenvalue weighted by molar-refractivity contribution is 7.10. The Morgan fingerprint density at radius 1 is 0.885 bits per heavy atom. The first-order chi connectivity index (χ1) is 12.8. The summed E-state index contributed by atoms with van der Waals surface area (Å²) in [6.07, 6.45) is 8.09. The van der Waals surface area contributed by atoms with Crippen molar-refractivity contribution in [3.8, 4) is 0 Å². The van der Waals surface area contributed by atoms with Gasteiger partial charge in [-0.05, 0) is 42.9 Å². The van der Waals surface area contributed by atoms with E-state index >= 15 is 0 Å². The Labute approximate surface area is 161 Å². The van der Waals surface area contributed by atoms with Crippen LogP contribution in [-0.4, -0.2) is 63.5 Å². The zero-order chi connectivity index (χ0) is 17.8. The largest absolute Gasteiger partial charge is 0.337 e. The van der Waals surface area contributed by atoms with Crippen LogP contribution in [-0.2, 0) is 26.7 Å². The second kappa shape index (κ2) is 8.65. The number of rotatable bonds is 6. The summed E-state index contributed by atoms with van der Waals surface area (Å²) in [5, 5.41) is 2.38. The van der Waals surface area contributed by atoms with Gasteiger partial charge in [0.15, 0.2) is 0 Å². The van der Waals surface area contributed by atoms with E-state index in [-0.39, 0.29) is 0 Å². The number of hydrogen-bond donors (Lipinski definition) is 0. The molecule has 0 aromatic carbocycles. The van der Waals surface area contributed by atoms with Gasteiger partial charge in [-0.25, -0.2) is 4.98 Å². The number of likely N-dealkylation sites (tertiary alicyclic amines) is 1. The predicted octanol–water partition coefficient (Wildman–Crippen LogP) is 2.79. The average Bonchev–Trinajstić information content (AvgIpc) is 3.27. The molecular formula is C20H31N5S. The minimum Gasteiger partial charge on any atom is -0.337 e. The van der Waals surface area contributed by atoms with Gasteiger partial charge in [0.05, 0.1) is 6.54 Å². The third kappa shape index (κ3) is 4.74. The summed E-state index contributed by atoms with van der Waals surface area (Å²) >= 11 is 1.94. The van der Waals surface area contributed by atoms with Crippen LogP contribution in [0, 0.1) is 0 Å². The molecule has 0 N–H and O–H groups in total. The van der Waals surface area contributed by atoms with Crippen LogP contribution in [0.15, 0.2) is 23.8 Å². The topological polar surface area (TPSA) is 27.5 Å². The highest BCUT2D eigenvalue weighted by Crippen LogP contribution is 2.21. The van der Waals surface area contributed by atoms with Crippen LogP contribution in [0.1, 0.15) is 35.5 Å². The quantitative estimate of drug-likeness (QED) is 0.778. The normalized spacial score (nSPS) is 20.7. The van der Waals surface area contributed by atoms with Crippen molar-refractivity contribution in [1.82, 2.24) is 24.3 Å². The van der Waals surface area contributed by atoms with Crippen LogP contribution >= 0.6 is 11.3 Å². The molecule has 5 nitrogen and oxygen atoms in total. The minimum absolute atomic E-state index is 0.969. The summed E-state index contributed by atoms with van der Waals surface area (Å²) in [6, 6.07) is 2.44. The van der Waals surface area contributed by atoms with E-state index in [1.807, 2.05) is 23.7 Å². The number of aryl methyl sites for hydroxylation is 1. The lowest BCUT2D eigenvalue weighted by Gasteiger charge is -2.34. The van der Waals surface area contributed by atoms with Crippen molar-refractivity contribution in [2.24, 2.45) is 7.05 Å². The van der Waals surface area contributed by atoms with E-state index in [0.717, 1.165) is 45.8 Å². The molecule has 0 spiro atoms. The molecule has 26 heavy (non-hydrogen) atoms. The monoisotopic (exact) mass is 373 g/mol. The van der Waals surface area contributed by atoms with Crippen LogP contribution in [0.4, 0.5) is 0 Å². The molecular weight excluding hydrogens is 342 g/mol. The summed E-state index contributed by atoms with van der Waals surface area (Å²) in [5.74, 6) is 1.17. The first-order valence-corrected chi connectivity index (χ1v) is 10.8. The number of piperidine rings is 1. The SMILES string of the molecule is Cn1ccnc1CN1CCN(Cc2cc(CN3CCCCC3)cs2)CC1. The summed E-state index contributed by atoms with van der Waals surface area (Å²) in [6.45, 7) is 10.4. The molecule has 142 valence electrons. The zero-order valence-corrected chi connectivity index (χ0v) is 16.8. The second-order valence-corrected chi connectivity index (χ2v) is 8.76. The lowest BCUT2D eigenvalue weighted by atomic mass is 10.1. The van der Waals surface area contributed by atoms with Crippen molar-refractivity contribution in [2.75, 3.05) is 39.3 Å². The van der Waals surface area contributed by atoms with E-state index in [4.69, 9.17) is 0 Å². The van der Waals surface area contributed by atoms with Crippen molar-refractivity contribution in [3.05, 3.63) is 40.1 Å². The number of nitrogens with zero attached hydrogens (tertiary/aromatic N) is 5. The van der Waals surface area contributed by atoms with E-state index in [1.54, 1.807) is 0 Å². The van der Waals surface area contributed by atoms with Crippen molar-refractivity contribution < 1.29 is 0 Å². The average molecular weight is 374 g/mol. The zero-order valence-electron chi connectivity index (χ0n) is 15.9. The maximum Gasteiger partial charge on any atom is 0.122 e. The number of hydrogen-bond acceptors (Lipinski definition) is 5. The minimum atomic E-state index is 0.969. The molecule has 6 heteroatoms. The molecule has 0 atom stereocenters. The van der Waals surface area contributed by atoms with Crippen LogP contribution in [0.5, 0.6) is 0 Å². The molecule has 4 rings (SSSR count). The van der Waals surface area contributed by atoms with E-state index < -0.39 is 0 Å². The third-order valence-electron chi connectivity index (χ3n) is 5.69. The van der Waals surface area contributed by atoms with Gasteiger partial charge in [0.25, 0.3) is 0 Å². The Bertz CT molecular complexity index is 680. The van der Waals surface area contributed by atoms with Crippen molar-refractivity contribution in [1.29, 1.82) is 0 Å². The Balaban J connectivity index is 1.22. The van der Waals surface area contributed by atoms with Crippen LogP contribution in [0.2, 0.25) is 0 Å². The molecule has 2 aliphatic heterocycles. The molecule has 0 radical (unpaired) electrons. The maximum atomic E-state index is 4.45. The Kier molecular flexibility index (Phi) is 6.05. The summed E-state index contributed by atoms with van der Waals surface area (Å²) < 4.78 is 2.13. The van der Waals surface area contributed by atoms with Crippen molar-refractivity contribution in [3.63, 3.8) is 0 Å². The lowest BCUT2D eigenvalue weighted by molar-refractivity contribution is 0.120. The molecule has 2 aromatic heterocycles. The molecule has 2 aromatic rings. The van der Waals surface area contributed by atoms with E-state index in [2.05, 4.69) is 42.7 Å². The maximum absolute atomic E-state index is 4.45. The van der Waals surface area contributed by atoms with Gasteiger partial charge < -0.3 is 4.57 Å². The predicted molar refractivity (Wildman–Crippen MR) is 107 cm³/mol. The molecule has 2 aliphatic rings. The van der Waals surface area contributed by atoms with Gasteiger partial charge in [0, 0.05) is 63.6 Å². The highest BCUT2D eigenvalue weighted by Gasteiger charge is 2.19. The summed E-state index contributed by atoms with van der Waals surface area (Å²) in [5.41, 5.74) is 1.51. The van der Waals surface area contributed by atoms with E-state index in [0.29, 0.717) is 0 Å². The number of piperazine rings is 1. The smallest absolute Gasteiger partial charge is 0.122 e. The molecule has 2 saturated heterocycles. The molecule has 0 aliphatic carbocycles. The van der Waals surface area contributed by atoms with Gasteiger partial charge in [-0.3, -0.25) is 14.7 Å². The number of aromatic nitrogens is 2. The van der Waals surface area contributed by atoms with Crippen LogP contribution < -0.4 is 0 Å². The third-order valence-corrected chi connectivity index (χ3v) is 6.66. The van der Waals surface area contributed by atoms with Gasteiger partial charge in [0.2, 0.25) is 0 Å². The lowest BCUT2D eigenvalue weighted by Crippen LogP contribution is -2.45. The number of thiophene rings is 1. The Morgan fingerprint density at radius 2 is 1.58 bits per heavy atom. The van der Waals surface area contributed by atoms with Crippen LogP contribution in [0.3, 0.4) is 0 Å². The standard InChI is InChI=1S/C20H31N5S/c1-22-8-5-21-20(22)16-25-11-9-24(10-12-25)15-19-13-18(17-26-19)14-23-6-3-2-4-7-23/h5,8,13,17H,2-4,6-7,9-12,14-16H2,1H3. The van der Waals surface area contributed by atoms with Crippen molar-refractivity contribution >= 4 is 11.3 Å². The van der Waals surface area contributed by atoms with E-state index in [1.165, 1.54) is 48.6 Å². The molecule has 0 unspecified atom stereocenters. The summed E-state index contributed by atoms with van der Waals surface area (Å²) in [4.78, 5) is 13.7. The van der Waals surface area contributed by atoms with Gasteiger partial charge in [-0.15, -0.1) is 11.3 Å². The Morgan fingerprint density at radius 3 is 2.27 bits per heavy atom. The second-order valence-electron chi connectivity index (χ2n) is 7.76. The fraction of sp³-hybridized carbons (Fsp3) is 0.650. The highest BCUT2D eigenvalue weighted by atomic mass is 32.1. The fourth-order valence-corrected chi connectivity index (χ4v) is 4.96. The molecule has 0 saturated carbocycles. The van der Waals surface area contributed by atoms with Gasteiger partial charge in [-0.1, -0.05) is 6.42 Å². The molecule has 2 fully saturated rings. The molecule has 4 heterocycles. The Hall–Kier alpha value is -1.21. The van der Waals surface area contributed by atoms with Crippen molar-refractivity contribution in [2.45, 2.75) is 38.9 Å². The molecule has 0 amide bonds. The first kappa shape index (κ1) is 18.2. The number of imidazole rings is 1. The first-order valence-electron chi connectivity index (χ1n) is 9.96.